The van der Waals surface area contributed by atoms with Crippen LogP contribution >= 0.6 is 0 Å². The third kappa shape index (κ3) is 3.22. The first-order chi connectivity index (χ1) is 5.25. The van der Waals surface area contributed by atoms with E-state index in [-0.39, 0.29) is 0 Å². The third-order valence-electron chi connectivity index (χ3n) is 0.805. The van der Waals surface area contributed by atoms with Crippen molar-refractivity contribution in [3.8, 4) is 0 Å². The second-order valence-electron chi connectivity index (χ2n) is 1.87. The van der Waals surface area contributed by atoms with Crippen molar-refractivity contribution >= 4 is 11.9 Å². The summed E-state index contributed by atoms with van der Waals surface area (Å²) in [5.74, 6) is -3.53. The van der Waals surface area contributed by atoms with Crippen LogP contribution in [0.15, 0.2) is 0 Å². The predicted molar refractivity (Wildman–Crippen MR) is 29.2 cm³/mol. The molecule has 0 amide bonds. The van der Waals surface area contributed by atoms with Gasteiger partial charge in [0.1, 0.15) is 0 Å². The molecular weight excluding hydrogens is 181 g/mol. The fourth-order valence-electron chi connectivity index (χ4n) is 0.423. The van der Waals surface area contributed by atoms with E-state index in [4.69, 9.17) is 5.11 Å². The van der Waals surface area contributed by atoms with E-state index in [0.717, 1.165) is 0 Å². The maximum Gasteiger partial charge on any atom is 0.436 e. The van der Waals surface area contributed by atoms with Crippen molar-refractivity contribution in [1.29, 1.82) is 0 Å². The molecule has 0 aromatic heterocycles. The molecule has 0 saturated heterocycles. The Kier molecular flexibility index (Phi) is 3.06. The predicted octanol–water partition coefficient (Wildman–Crippen LogP) is 0.565. The van der Waals surface area contributed by atoms with Crippen LogP contribution in [0.4, 0.5) is 13.2 Å². The Morgan fingerprint density at radius 2 is 1.83 bits per heavy atom. The first-order valence-corrected chi connectivity index (χ1v) is 2.72. The molecule has 0 aliphatic heterocycles. The Morgan fingerprint density at radius 1 is 1.42 bits per heavy atom. The highest BCUT2D eigenvalue weighted by atomic mass is 19.4. The molecule has 0 rings (SSSR count). The van der Waals surface area contributed by atoms with E-state index in [0.29, 0.717) is 6.92 Å². The summed E-state index contributed by atoms with van der Waals surface area (Å²) in [5.41, 5.74) is 0. The van der Waals surface area contributed by atoms with Crippen molar-refractivity contribution in [2.45, 2.75) is 19.2 Å². The highest BCUT2D eigenvalue weighted by molar-refractivity contribution is 5.77. The van der Waals surface area contributed by atoms with Crippen LogP contribution in [0.3, 0.4) is 0 Å². The van der Waals surface area contributed by atoms with Crippen LogP contribution in [0.25, 0.3) is 0 Å². The molecule has 0 aromatic rings. The van der Waals surface area contributed by atoms with E-state index < -0.39 is 24.2 Å². The van der Waals surface area contributed by atoms with Gasteiger partial charge in [-0.2, -0.15) is 13.2 Å². The number of ether oxygens (including phenoxy) is 1. The molecular formula is C5H5F3O4. The maximum atomic E-state index is 11.7. The number of halogens is 3. The van der Waals surface area contributed by atoms with Crippen molar-refractivity contribution in [1.82, 2.24) is 0 Å². The largest absolute Gasteiger partial charge is 0.478 e. The van der Waals surface area contributed by atoms with Crippen molar-refractivity contribution < 1.29 is 32.6 Å². The number of carbonyl (C=O) groups is 2. The lowest BCUT2D eigenvalue weighted by atomic mass is 10.3. The minimum atomic E-state index is -5.07. The average molecular weight is 186 g/mol. The van der Waals surface area contributed by atoms with Gasteiger partial charge in [-0.15, -0.1) is 0 Å². The Labute approximate surface area is 64.9 Å². The lowest BCUT2D eigenvalue weighted by Gasteiger charge is -2.14. The van der Waals surface area contributed by atoms with Crippen LogP contribution in [0, 0.1) is 0 Å². The molecule has 1 N–H and O–H groups in total. The quantitative estimate of drug-likeness (QED) is 0.640. The Bertz CT molecular complexity index is 197. The van der Waals surface area contributed by atoms with Crippen LogP contribution in [-0.2, 0) is 14.3 Å². The van der Waals surface area contributed by atoms with Crippen LogP contribution in [0.5, 0.6) is 0 Å². The van der Waals surface area contributed by atoms with Crippen molar-refractivity contribution in [3.05, 3.63) is 0 Å². The van der Waals surface area contributed by atoms with Gasteiger partial charge >= 0.3 is 18.1 Å². The minimum absolute atomic E-state index is 0.696. The van der Waals surface area contributed by atoms with Gasteiger partial charge in [0.25, 0.3) is 6.10 Å². The van der Waals surface area contributed by atoms with Gasteiger partial charge < -0.3 is 9.84 Å². The number of hydrogen-bond acceptors (Lipinski definition) is 3. The number of hydrogen-bond donors (Lipinski definition) is 1. The summed E-state index contributed by atoms with van der Waals surface area (Å²) in [6, 6.07) is 0. The van der Waals surface area contributed by atoms with Gasteiger partial charge in [0.2, 0.25) is 0 Å². The zero-order chi connectivity index (χ0) is 9.94. The molecule has 12 heavy (non-hydrogen) atoms. The molecule has 0 saturated carbocycles. The third-order valence-corrected chi connectivity index (χ3v) is 0.805. The van der Waals surface area contributed by atoms with Crippen LogP contribution < -0.4 is 0 Å². The number of alkyl halides is 3. The topological polar surface area (TPSA) is 63.6 Å². The minimum Gasteiger partial charge on any atom is -0.478 e. The first-order valence-electron chi connectivity index (χ1n) is 2.72. The van der Waals surface area contributed by atoms with Gasteiger partial charge in [-0.25, -0.2) is 4.79 Å². The Hall–Kier alpha value is -1.27. The molecule has 0 aliphatic rings. The van der Waals surface area contributed by atoms with Crippen molar-refractivity contribution in [2.24, 2.45) is 0 Å². The Morgan fingerprint density at radius 3 is 1.92 bits per heavy atom. The van der Waals surface area contributed by atoms with E-state index >= 15 is 0 Å². The fraction of sp³-hybridized carbons (Fsp3) is 0.600. The monoisotopic (exact) mass is 186 g/mol. The van der Waals surface area contributed by atoms with Gasteiger partial charge in [0.05, 0.1) is 0 Å². The molecule has 1 atom stereocenters. The summed E-state index contributed by atoms with van der Waals surface area (Å²) in [5, 5.41) is 7.96. The molecule has 7 heteroatoms. The molecule has 0 unspecified atom stereocenters. The molecule has 0 spiro atoms. The molecule has 0 radical (unpaired) electrons. The summed E-state index contributed by atoms with van der Waals surface area (Å²) < 4.78 is 38.5. The van der Waals surface area contributed by atoms with E-state index in [9.17, 15) is 22.8 Å². The zero-order valence-corrected chi connectivity index (χ0v) is 5.88. The first kappa shape index (κ1) is 10.7. The normalized spacial score (nSPS) is 13.7. The maximum absolute atomic E-state index is 11.7. The highest BCUT2D eigenvalue weighted by Crippen LogP contribution is 2.23. The van der Waals surface area contributed by atoms with E-state index in [1.54, 1.807) is 0 Å². The van der Waals surface area contributed by atoms with Crippen LogP contribution in [0.1, 0.15) is 6.92 Å². The molecule has 4 nitrogen and oxygen atoms in total. The summed E-state index contributed by atoms with van der Waals surface area (Å²) >= 11 is 0. The van der Waals surface area contributed by atoms with Crippen LogP contribution in [0.2, 0.25) is 0 Å². The molecule has 0 bridgehead atoms. The van der Waals surface area contributed by atoms with Crippen LogP contribution in [-0.4, -0.2) is 29.3 Å². The fourth-order valence-corrected chi connectivity index (χ4v) is 0.423. The van der Waals surface area contributed by atoms with Crippen molar-refractivity contribution in [2.75, 3.05) is 0 Å². The standard InChI is InChI=1S/C5H5F3O4/c1-2(9)12-3(4(10)11)5(6,7)8/h3H,1H3,(H,10,11)/t3-/m0/s1. The number of aliphatic carboxylic acids is 1. The summed E-state index contributed by atoms with van der Waals surface area (Å²) in [7, 11) is 0. The van der Waals surface area contributed by atoms with Gasteiger partial charge in [0.15, 0.2) is 0 Å². The second kappa shape index (κ2) is 3.42. The smallest absolute Gasteiger partial charge is 0.436 e. The lowest BCUT2D eigenvalue weighted by Crippen LogP contribution is -2.40. The summed E-state index contributed by atoms with van der Waals surface area (Å²) in [6.07, 6.45) is -8.15. The van der Waals surface area contributed by atoms with Gasteiger partial charge in [-0.3, -0.25) is 4.79 Å². The highest BCUT2D eigenvalue weighted by Gasteiger charge is 2.48. The number of rotatable bonds is 2. The van der Waals surface area contributed by atoms with E-state index in [1.807, 2.05) is 0 Å². The lowest BCUT2D eigenvalue weighted by molar-refractivity contribution is -0.226. The SMILES string of the molecule is CC(=O)O[C@@H](C(=O)O)C(F)(F)F. The second-order valence-corrected chi connectivity index (χ2v) is 1.87. The van der Waals surface area contributed by atoms with E-state index in [2.05, 4.69) is 4.74 Å². The molecule has 0 fully saturated rings. The Balaban J connectivity index is 4.46. The number of carboxylic acid groups (broad SMARTS) is 1. The molecule has 0 aromatic carbocycles. The van der Waals surface area contributed by atoms with Gasteiger partial charge in [0, 0.05) is 6.92 Å². The van der Waals surface area contributed by atoms with E-state index in [1.165, 1.54) is 0 Å². The summed E-state index contributed by atoms with van der Waals surface area (Å²) in [6.45, 7) is 0.696. The molecule has 70 valence electrons. The molecule has 0 heterocycles. The number of esters is 1. The molecule has 0 aliphatic carbocycles. The summed E-state index contributed by atoms with van der Waals surface area (Å²) in [4.78, 5) is 19.9. The van der Waals surface area contributed by atoms with Gasteiger partial charge in [-0.1, -0.05) is 0 Å². The van der Waals surface area contributed by atoms with Gasteiger partial charge in [-0.05, 0) is 0 Å². The van der Waals surface area contributed by atoms with Crippen molar-refractivity contribution in [3.63, 3.8) is 0 Å². The zero-order valence-electron chi connectivity index (χ0n) is 5.88. The number of carbonyl (C=O) groups excluding carboxylic acids is 1. The average Bonchev–Trinajstić information content (AvgIpc) is 1.79. The number of carboxylic acids is 1.